The summed E-state index contributed by atoms with van der Waals surface area (Å²) in [5.74, 6) is 0.656. The van der Waals surface area contributed by atoms with Crippen LogP contribution in [0.15, 0.2) is 22.8 Å². The smallest absolute Gasteiger partial charge is 0.106 e. The molecule has 1 N–H and O–H groups in total. The Morgan fingerprint density at radius 3 is 2.50 bits per heavy atom. The Hall–Kier alpha value is 0.0900. The maximum atomic E-state index is 5.54. The Balaban J connectivity index is 0.00000121. The number of halogens is 3. The maximum absolute atomic E-state index is 5.54. The van der Waals surface area contributed by atoms with Gasteiger partial charge in [0.2, 0.25) is 0 Å². The molecule has 1 atom stereocenters. The van der Waals surface area contributed by atoms with Gasteiger partial charge in [0, 0.05) is 39.4 Å². The fourth-order valence-electron chi connectivity index (χ4n) is 3.31. The van der Waals surface area contributed by atoms with Crippen LogP contribution in [0.1, 0.15) is 24.6 Å². The number of hydrogen-bond donors (Lipinski definition) is 1. The van der Waals surface area contributed by atoms with E-state index in [1.165, 1.54) is 5.69 Å². The molecule has 3 heterocycles. The van der Waals surface area contributed by atoms with Crippen molar-refractivity contribution >= 4 is 40.7 Å². The van der Waals surface area contributed by atoms with Crippen molar-refractivity contribution in [3.8, 4) is 0 Å². The topological polar surface area (TPSA) is 37.4 Å². The van der Waals surface area contributed by atoms with E-state index >= 15 is 0 Å². The molecule has 0 saturated carbocycles. The summed E-state index contributed by atoms with van der Waals surface area (Å²) in [4.78, 5) is 7.34. The Kier molecular flexibility index (Phi) is 9.21. The van der Waals surface area contributed by atoms with Gasteiger partial charge in [-0.15, -0.1) is 24.8 Å². The van der Waals surface area contributed by atoms with Crippen LogP contribution in [0, 0.1) is 5.92 Å². The number of pyridine rings is 1. The lowest BCUT2D eigenvalue weighted by atomic mass is 9.88. The molecule has 2 aliphatic rings. The molecule has 0 bridgehead atoms. The van der Waals surface area contributed by atoms with E-state index in [0.29, 0.717) is 12.0 Å². The Morgan fingerprint density at radius 1 is 1.18 bits per heavy atom. The van der Waals surface area contributed by atoms with Gasteiger partial charge in [-0.1, -0.05) is 6.07 Å². The van der Waals surface area contributed by atoms with Crippen molar-refractivity contribution in [2.75, 3.05) is 39.4 Å². The number of rotatable bonds is 3. The number of nitrogens with one attached hydrogen (secondary N) is 1. The van der Waals surface area contributed by atoms with E-state index < -0.39 is 0 Å². The zero-order valence-corrected chi connectivity index (χ0v) is 15.8. The van der Waals surface area contributed by atoms with Crippen molar-refractivity contribution < 1.29 is 4.74 Å². The van der Waals surface area contributed by atoms with Crippen molar-refractivity contribution in [2.45, 2.75) is 18.9 Å². The third kappa shape index (κ3) is 5.05. The summed E-state index contributed by atoms with van der Waals surface area (Å²) in [5, 5.41) is 3.44. The molecule has 1 aromatic heterocycles. The standard InChI is InChI=1S/C15H22BrN3O.2ClH/c16-14-3-1-2-13(18-14)15(12-4-10-20-11-5-12)19-8-6-17-7-9-19;;/h1-3,12,15,17H,4-11H2;2*1H/t15-;;/m0../s1. The average Bonchev–Trinajstić information content (AvgIpc) is 2.50. The summed E-state index contributed by atoms with van der Waals surface area (Å²) in [6.45, 7) is 6.15. The van der Waals surface area contributed by atoms with Crippen LogP contribution in [-0.2, 0) is 4.74 Å². The molecule has 0 spiro atoms. The highest BCUT2D eigenvalue weighted by molar-refractivity contribution is 9.10. The van der Waals surface area contributed by atoms with Gasteiger partial charge in [-0.3, -0.25) is 4.90 Å². The minimum atomic E-state index is 0. The van der Waals surface area contributed by atoms with Gasteiger partial charge in [-0.05, 0) is 46.8 Å². The summed E-state index contributed by atoms with van der Waals surface area (Å²) in [6.07, 6.45) is 2.28. The van der Waals surface area contributed by atoms with Gasteiger partial charge >= 0.3 is 0 Å². The Morgan fingerprint density at radius 2 is 1.86 bits per heavy atom. The molecule has 0 amide bonds. The second kappa shape index (κ2) is 10.1. The van der Waals surface area contributed by atoms with Crippen molar-refractivity contribution in [3.63, 3.8) is 0 Å². The van der Waals surface area contributed by atoms with E-state index in [1.807, 2.05) is 6.07 Å². The highest BCUT2D eigenvalue weighted by atomic mass is 79.9. The molecule has 4 nitrogen and oxygen atoms in total. The zero-order valence-electron chi connectivity index (χ0n) is 12.5. The van der Waals surface area contributed by atoms with E-state index in [0.717, 1.165) is 56.8 Å². The van der Waals surface area contributed by atoms with Gasteiger partial charge in [0.05, 0.1) is 11.7 Å². The molecule has 7 heteroatoms. The van der Waals surface area contributed by atoms with Crippen LogP contribution in [0.25, 0.3) is 0 Å². The quantitative estimate of drug-likeness (QED) is 0.774. The fraction of sp³-hybridized carbons (Fsp3) is 0.667. The lowest BCUT2D eigenvalue weighted by molar-refractivity contribution is 0.0200. The summed E-state index contributed by atoms with van der Waals surface area (Å²) in [7, 11) is 0. The fourth-order valence-corrected chi connectivity index (χ4v) is 3.66. The number of piperazine rings is 1. The van der Waals surface area contributed by atoms with Gasteiger partial charge in [-0.2, -0.15) is 0 Å². The van der Waals surface area contributed by atoms with Crippen LogP contribution < -0.4 is 5.32 Å². The first-order chi connectivity index (χ1) is 9.84. The van der Waals surface area contributed by atoms with E-state index in [1.54, 1.807) is 0 Å². The summed E-state index contributed by atoms with van der Waals surface area (Å²) >= 11 is 3.51. The predicted octanol–water partition coefficient (Wildman–Crippen LogP) is 3.06. The van der Waals surface area contributed by atoms with Crippen molar-refractivity contribution in [3.05, 3.63) is 28.5 Å². The number of ether oxygens (including phenoxy) is 1. The molecule has 22 heavy (non-hydrogen) atoms. The van der Waals surface area contributed by atoms with Crippen LogP contribution in [0.2, 0.25) is 0 Å². The first-order valence-electron chi connectivity index (χ1n) is 7.49. The maximum Gasteiger partial charge on any atom is 0.106 e. The molecule has 0 radical (unpaired) electrons. The molecule has 3 rings (SSSR count). The van der Waals surface area contributed by atoms with Crippen molar-refractivity contribution in [1.82, 2.24) is 15.2 Å². The molecule has 1 aromatic rings. The van der Waals surface area contributed by atoms with Gasteiger partial charge in [0.1, 0.15) is 4.60 Å². The summed E-state index contributed by atoms with van der Waals surface area (Å²) < 4.78 is 6.47. The van der Waals surface area contributed by atoms with Gasteiger partial charge in [0.15, 0.2) is 0 Å². The van der Waals surface area contributed by atoms with Gasteiger partial charge in [-0.25, -0.2) is 4.98 Å². The number of hydrogen-bond acceptors (Lipinski definition) is 4. The van der Waals surface area contributed by atoms with E-state index in [-0.39, 0.29) is 24.8 Å². The minimum Gasteiger partial charge on any atom is -0.381 e. The molecule has 2 saturated heterocycles. The van der Waals surface area contributed by atoms with E-state index in [4.69, 9.17) is 9.72 Å². The molecule has 126 valence electrons. The number of nitrogens with zero attached hydrogens (tertiary/aromatic N) is 2. The van der Waals surface area contributed by atoms with Crippen LogP contribution in [0.3, 0.4) is 0 Å². The third-order valence-corrected chi connectivity index (χ3v) is 4.74. The molecule has 0 unspecified atom stereocenters. The lowest BCUT2D eigenvalue weighted by Gasteiger charge is -2.40. The Labute approximate surface area is 153 Å². The SMILES string of the molecule is Brc1cccc([C@H](C2CCOCC2)N2CCNCC2)n1.Cl.Cl. The van der Waals surface area contributed by atoms with E-state index in [2.05, 4.69) is 38.3 Å². The van der Waals surface area contributed by atoms with Crippen molar-refractivity contribution in [2.24, 2.45) is 5.92 Å². The number of aromatic nitrogens is 1. The van der Waals surface area contributed by atoms with Gasteiger partial charge < -0.3 is 10.1 Å². The largest absolute Gasteiger partial charge is 0.381 e. The average molecular weight is 413 g/mol. The summed E-state index contributed by atoms with van der Waals surface area (Å²) in [6, 6.07) is 6.70. The molecule has 2 aliphatic heterocycles. The van der Waals surface area contributed by atoms with Crippen molar-refractivity contribution in [1.29, 1.82) is 0 Å². The predicted molar refractivity (Wildman–Crippen MR) is 97.2 cm³/mol. The molecule has 0 aromatic carbocycles. The van der Waals surface area contributed by atoms with Crippen LogP contribution in [-0.4, -0.2) is 49.3 Å². The molecular weight excluding hydrogens is 389 g/mol. The molecule has 2 fully saturated rings. The second-order valence-electron chi connectivity index (χ2n) is 5.57. The zero-order chi connectivity index (χ0) is 13.8. The molecular formula is C15H24BrCl2N3O. The monoisotopic (exact) mass is 411 g/mol. The van der Waals surface area contributed by atoms with Crippen LogP contribution in [0.5, 0.6) is 0 Å². The Bertz CT molecular complexity index is 423. The highest BCUT2D eigenvalue weighted by Crippen LogP contribution is 2.34. The van der Waals surface area contributed by atoms with Crippen LogP contribution in [0.4, 0.5) is 0 Å². The normalized spacial score (nSPS) is 21.5. The second-order valence-corrected chi connectivity index (χ2v) is 6.38. The summed E-state index contributed by atoms with van der Waals surface area (Å²) in [5.41, 5.74) is 1.20. The third-order valence-electron chi connectivity index (χ3n) is 4.30. The first kappa shape index (κ1) is 20.1. The van der Waals surface area contributed by atoms with E-state index in [9.17, 15) is 0 Å². The molecule has 0 aliphatic carbocycles. The van der Waals surface area contributed by atoms with Gasteiger partial charge in [0.25, 0.3) is 0 Å². The lowest BCUT2D eigenvalue weighted by Crippen LogP contribution is -2.47. The highest BCUT2D eigenvalue weighted by Gasteiger charge is 2.32. The minimum absolute atomic E-state index is 0. The first-order valence-corrected chi connectivity index (χ1v) is 8.29. The van der Waals surface area contributed by atoms with Crippen LogP contribution >= 0.6 is 40.7 Å².